The van der Waals surface area contributed by atoms with Crippen molar-refractivity contribution in [1.82, 2.24) is 30.0 Å². The number of rotatable bonds is 6. The second-order valence-corrected chi connectivity index (χ2v) is 7.24. The van der Waals surface area contributed by atoms with E-state index in [2.05, 4.69) is 44.7 Å². The van der Waals surface area contributed by atoms with Crippen molar-refractivity contribution in [3.63, 3.8) is 0 Å². The number of likely N-dealkylation sites (N-methyl/N-ethyl adjacent to an activating group) is 1. The van der Waals surface area contributed by atoms with Gasteiger partial charge < -0.3 is 9.32 Å². The van der Waals surface area contributed by atoms with Gasteiger partial charge in [0.25, 0.3) is 0 Å². The van der Waals surface area contributed by atoms with E-state index in [-0.39, 0.29) is 12.5 Å². The van der Waals surface area contributed by atoms with E-state index in [9.17, 15) is 4.79 Å². The number of nitrogens with zero attached hydrogens (tertiary/aromatic N) is 6. The summed E-state index contributed by atoms with van der Waals surface area (Å²) < 4.78 is 7.13. The Labute approximate surface area is 163 Å². The molecule has 8 heteroatoms. The SMILES string of the molecule is Cc1ccc(CN(C)C(=O)Cn2nnnc2CN2CCc3ccccc3C2)o1. The van der Waals surface area contributed by atoms with Gasteiger partial charge in [-0.15, -0.1) is 5.10 Å². The molecular formula is C20H24N6O2. The highest BCUT2D eigenvalue weighted by molar-refractivity contribution is 5.75. The van der Waals surface area contributed by atoms with Crippen LogP contribution in [0.4, 0.5) is 0 Å². The van der Waals surface area contributed by atoms with Gasteiger partial charge >= 0.3 is 0 Å². The molecule has 0 bridgehead atoms. The highest BCUT2D eigenvalue weighted by atomic mass is 16.3. The first-order chi connectivity index (χ1) is 13.6. The van der Waals surface area contributed by atoms with Gasteiger partial charge in [-0.3, -0.25) is 9.69 Å². The molecule has 28 heavy (non-hydrogen) atoms. The van der Waals surface area contributed by atoms with E-state index in [0.717, 1.165) is 31.0 Å². The van der Waals surface area contributed by atoms with Gasteiger partial charge in [0.15, 0.2) is 5.82 Å². The van der Waals surface area contributed by atoms with Gasteiger partial charge in [-0.25, -0.2) is 4.68 Å². The quantitative estimate of drug-likeness (QED) is 0.649. The minimum atomic E-state index is -0.0633. The fourth-order valence-corrected chi connectivity index (χ4v) is 3.49. The van der Waals surface area contributed by atoms with Gasteiger partial charge in [-0.2, -0.15) is 0 Å². The lowest BCUT2D eigenvalue weighted by Gasteiger charge is -2.28. The molecule has 0 saturated heterocycles. The molecule has 0 radical (unpaired) electrons. The van der Waals surface area contributed by atoms with Gasteiger partial charge in [0.1, 0.15) is 18.1 Å². The zero-order chi connectivity index (χ0) is 19.5. The molecule has 0 spiro atoms. The van der Waals surface area contributed by atoms with Crippen molar-refractivity contribution in [2.45, 2.75) is 39.5 Å². The normalized spacial score (nSPS) is 14.1. The zero-order valence-corrected chi connectivity index (χ0v) is 16.2. The van der Waals surface area contributed by atoms with Crippen LogP contribution in [-0.2, 0) is 37.4 Å². The highest BCUT2D eigenvalue weighted by Crippen LogP contribution is 2.19. The molecule has 1 aliphatic rings. The number of aryl methyl sites for hydroxylation is 1. The fraction of sp³-hybridized carbons (Fsp3) is 0.400. The lowest BCUT2D eigenvalue weighted by molar-refractivity contribution is -0.131. The van der Waals surface area contributed by atoms with Crippen LogP contribution in [0.25, 0.3) is 0 Å². The summed E-state index contributed by atoms with van der Waals surface area (Å²) >= 11 is 0. The summed E-state index contributed by atoms with van der Waals surface area (Å²) in [6.45, 7) is 4.87. The average molecular weight is 380 g/mol. The number of carbonyl (C=O) groups excluding carboxylic acids is 1. The summed E-state index contributed by atoms with van der Waals surface area (Å²) in [5, 5.41) is 11.9. The Morgan fingerprint density at radius 2 is 2.04 bits per heavy atom. The largest absolute Gasteiger partial charge is 0.464 e. The third-order valence-electron chi connectivity index (χ3n) is 5.08. The molecule has 4 rings (SSSR count). The molecule has 8 nitrogen and oxygen atoms in total. The Kier molecular flexibility index (Phi) is 5.21. The van der Waals surface area contributed by atoms with Crippen LogP contribution in [0.15, 0.2) is 40.8 Å². The van der Waals surface area contributed by atoms with E-state index in [4.69, 9.17) is 4.42 Å². The third-order valence-corrected chi connectivity index (χ3v) is 5.08. The second kappa shape index (κ2) is 7.93. The van der Waals surface area contributed by atoms with Crippen LogP contribution in [0.1, 0.15) is 28.5 Å². The Hall–Kier alpha value is -3.00. The molecule has 0 unspecified atom stereocenters. The first-order valence-corrected chi connectivity index (χ1v) is 9.42. The van der Waals surface area contributed by atoms with Crippen molar-refractivity contribution in [2.75, 3.05) is 13.6 Å². The summed E-state index contributed by atoms with van der Waals surface area (Å²) in [6.07, 6.45) is 1.02. The minimum absolute atomic E-state index is 0.0633. The minimum Gasteiger partial charge on any atom is -0.464 e. The summed E-state index contributed by atoms with van der Waals surface area (Å²) in [5.74, 6) is 2.24. The predicted molar refractivity (Wildman–Crippen MR) is 102 cm³/mol. The number of fused-ring (bicyclic) bond motifs is 1. The number of aromatic nitrogens is 4. The van der Waals surface area contributed by atoms with Crippen LogP contribution >= 0.6 is 0 Å². The smallest absolute Gasteiger partial charge is 0.244 e. The molecule has 0 N–H and O–H groups in total. The van der Waals surface area contributed by atoms with Gasteiger partial charge in [0.05, 0.1) is 13.1 Å². The maximum atomic E-state index is 12.6. The van der Waals surface area contributed by atoms with Gasteiger partial charge in [0, 0.05) is 20.1 Å². The maximum absolute atomic E-state index is 12.6. The van der Waals surface area contributed by atoms with Gasteiger partial charge in [-0.05, 0) is 47.0 Å². The molecule has 1 aromatic carbocycles. The van der Waals surface area contributed by atoms with Crippen LogP contribution in [0, 0.1) is 6.92 Å². The molecule has 3 heterocycles. The Balaban J connectivity index is 1.37. The summed E-state index contributed by atoms with van der Waals surface area (Å²) in [6, 6.07) is 12.3. The van der Waals surface area contributed by atoms with E-state index in [1.54, 1.807) is 16.6 Å². The van der Waals surface area contributed by atoms with Crippen molar-refractivity contribution in [3.05, 3.63) is 64.9 Å². The Bertz CT molecular complexity index is 963. The summed E-state index contributed by atoms with van der Waals surface area (Å²) in [7, 11) is 1.76. The van der Waals surface area contributed by atoms with E-state index in [0.29, 0.717) is 18.9 Å². The van der Waals surface area contributed by atoms with Crippen molar-refractivity contribution in [3.8, 4) is 0 Å². The number of carbonyl (C=O) groups is 1. The van der Waals surface area contributed by atoms with Crippen LogP contribution in [0.5, 0.6) is 0 Å². The van der Waals surface area contributed by atoms with Crippen molar-refractivity contribution >= 4 is 5.91 Å². The molecular weight excluding hydrogens is 356 g/mol. The lowest BCUT2D eigenvalue weighted by Crippen LogP contribution is -2.33. The van der Waals surface area contributed by atoms with Crippen molar-refractivity contribution < 1.29 is 9.21 Å². The van der Waals surface area contributed by atoms with Crippen LogP contribution in [0.3, 0.4) is 0 Å². The molecule has 1 amide bonds. The maximum Gasteiger partial charge on any atom is 0.244 e. The topological polar surface area (TPSA) is 80.3 Å². The van der Waals surface area contributed by atoms with Gasteiger partial charge in [0.2, 0.25) is 5.91 Å². The number of furan rings is 1. The second-order valence-electron chi connectivity index (χ2n) is 7.24. The number of benzene rings is 1. The lowest BCUT2D eigenvalue weighted by atomic mass is 10.00. The van der Waals surface area contributed by atoms with Crippen molar-refractivity contribution in [1.29, 1.82) is 0 Å². The Morgan fingerprint density at radius 3 is 2.82 bits per heavy atom. The van der Waals surface area contributed by atoms with Crippen LogP contribution in [-0.4, -0.2) is 49.5 Å². The molecule has 3 aromatic rings. The number of tetrazole rings is 1. The standard InChI is InChI=1S/C20H24N6O2/c1-15-7-8-18(28-15)12-24(2)20(27)14-26-19(21-22-23-26)13-25-10-9-16-5-3-4-6-17(16)11-25/h3-8H,9-14H2,1-2H3. The fourth-order valence-electron chi connectivity index (χ4n) is 3.49. The number of amides is 1. The zero-order valence-electron chi connectivity index (χ0n) is 16.2. The predicted octanol–water partition coefficient (Wildman–Crippen LogP) is 1.79. The Morgan fingerprint density at radius 1 is 1.21 bits per heavy atom. The number of hydrogen-bond donors (Lipinski definition) is 0. The first kappa shape index (κ1) is 18.4. The summed E-state index contributed by atoms with van der Waals surface area (Å²) in [4.78, 5) is 16.5. The molecule has 0 aliphatic carbocycles. The van der Waals surface area contributed by atoms with Crippen molar-refractivity contribution in [2.24, 2.45) is 0 Å². The molecule has 0 fully saturated rings. The van der Waals surface area contributed by atoms with E-state index in [1.807, 2.05) is 19.1 Å². The summed E-state index contributed by atoms with van der Waals surface area (Å²) in [5.41, 5.74) is 2.75. The average Bonchev–Trinajstić information content (AvgIpc) is 3.30. The molecule has 0 atom stereocenters. The molecule has 1 aliphatic heterocycles. The molecule has 0 saturated carbocycles. The van der Waals surface area contributed by atoms with Crippen LogP contribution < -0.4 is 0 Å². The number of hydrogen-bond acceptors (Lipinski definition) is 6. The molecule has 2 aromatic heterocycles. The van der Waals surface area contributed by atoms with Crippen LogP contribution in [0.2, 0.25) is 0 Å². The third kappa shape index (κ3) is 4.12. The van der Waals surface area contributed by atoms with Gasteiger partial charge in [-0.1, -0.05) is 24.3 Å². The van der Waals surface area contributed by atoms with E-state index < -0.39 is 0 Å². The first-order valence-electron chi connectivity index (χ1n) is 9.42. The van der Waals surface area contributed by atoms with E-state index >= 15 is 0 Å². The monoisotopic (exact) mass is 380 g/mol. The van der Waals surface area contributed by atoms with E-state index in [1.165, 1.54) is 11.1 Å². The molecule has 146 valence electrons. The highest BCUT2D eigenvalue weighted by Gasteiger charge is 2.20.